The fourth-order valence-electron chi connectivity index (χ4n) is 2.03. The Morgan fingerprint density at radius 2 is 1.89 bits per heavy atom. The van der Waals surface area contributed by atoms with Crippen LogP contribution in [0.1, 0.15) is 16.7 Å². The number of aryl methyl sites for hydroxylation is 1. The van der Waals surface area contributed by atoms with E-state index in [1.165, 1.54) is 17.2 Å². The molecule has 1 nitrogen and oxygen atoms in total. The number of hydrogen-bond donors (Lipinski definition) is 1. The first-order valence-corrected chi connectivity index (χ1v) is 7.15. The van der Waals surface area contributed by atoms with Gasteiger partial charge in [0.05, 0.1) is 0 Å². The zero-order chi connectivity index (χ0) is 13.7. The summed E-state index contributed by atoms with van der Waals surface area (Å²) in [6.45, 7) is 3.67. The van der Waals surface area contributed by atoms with Gasteiger partial charge in [-0.2, -0.15) is 0 Å². The summed E-state index contributed by atoms with van der Waals surface area (Å²) < 4.78 is 14.1. The van der Waals surface area contributed by atoms with Gasteiger partial charge in [-0.05, 0) is 54.8 Å². The topological polar surface area (TPSA) is 12.0 Å². The third-order valence-electron chi connectivity index (χ3n) is 3.15. The lowest BCUT2D eigenvalue weighted by atomic mass is 10.1. The van der Waals surface area contributed by atoms with E-state index in [0.717, 1.165) is 29.5 Å². The van der Waals surface area contributed by atoms with Crippen molar-refractivity contribution in [3.63, 3.8) is 0 Å². The minimum atomic E-state index is -0.164. The molecule has 0 bridgehead atoms. The SMILES string of the molecule is Cc1cc(F)ccc1CCNCc1ccccc1Br. The van der Waals surface area contributed by atoms with Crippen LogP contribution in [0.2, 0.25) is 0 Å². The summed E-state index contributed by atoms with van der Waals surface area (Å²) in [5, 5.41) is 3.41. The average molecular weight is 322 g/mol. The summed E-state index contributed by atoms with van der Waals surface area (Å²) in [5.74, 6) is -0.164. The fourth-order valence-corrected chi connectivity index (χ4v) is 2.45. The Morgan fingerprint density at radius 3 is 2.63 bits per heavy atom. The first-order valence-electron chi connectivity index (χ1n) is 6.36. The monoisotopic (exact) mass is 321 g/mol. The number of rotatable bonds is 5. The van der Waals surface area contributed by atoms with E-state index in [2.05, 4.69) is 27.3 Å². The molecule has 2 aromatic carbocycles. The highest BCUT2D eigenvalue weighted by Gasteiger charge is 2.01. The molecule has 1 N–H and O–H groups in total. The first-order chi connectivity index (χ1) is 9.16. The second-order valence-corrected chi connectivity index (χ2v) is 5.44. The van der Waals surface area contributed by atoms with Gasteiger partial charge in [-0.15, -0.1) is 0 Å². The maximum absolute atomic E-state index is 13.0. The molecule has 2 aromatic rings. The van der Waals surface area contributed by atoms with Gasteiger partial charge >= 0.3 is 0 Å². The van der Waals surface area contributed by atoms with Gasteiger partial charge in [-0.1, -0.05) is 40.2 Å². The molecule has 2 rings (SSSR count). The number of nitrogens with one attached hydrogen (secondary N) is 1. The van der Waals surface area contributed by atoms with Crippen molar-refractivity contribution in [3.8, 4) is 0 Å². The molecule has 0 saturated heterocycles. The summed E-state index contributed by atoms with van der Waals surface area (Å²) in [6, 6.07) is 13.2. The van der Waals surface area contributed by atoms with Gasteiger partial charge in [0.25, 0.3) is 0 Å². The Bertz CT molecular complexity index is 554. The van der Waals surface area contributed by atoms with Crippen molar-refractivity contribution in [3.05, 3.63) is 69.4 Å². The van der Waals surface area contributed by atoms with Gasteiger partial charge in [0.2, 0.25) is 0 Å². The summed E-state index contributed by atoms with van der Waals surface area (Å²) in [7, 11) is 0. The molecule has 3 heteroatoms. The summed E-state index contributed by atoms with van der Waals surface area (Å²) >= 11 is 3.53. The van der Waals surface area contributed by atoms with Crippen molar-refractivity contribution < 1.29 is 4.39 Å². The molecule has 19 heavy (non-hydrogen) atoms. The molecule has 0 fully saturated rings. The van der Waals surface area contributed by atoms with E-state index >= 15 is 0 Å². The van der Waals surface area contributed by atoms with Crippen LogP contribution in [0.15, 0.2) is 46.9 Å². The largest absolute Gasteiger partial charge is 0.312 e. The standard InChI is InChI=1S/C16H17BrFN/c1-12-10-15(18)7-6-13(12)8-9-19-11-14-4-2-3-5-16(14)17/h2-7,10,19H,8-9,11H2,1H3. The summed E-state index contributed by atoms with van der Waals surface area (Å²) in [6.07, 6.45) is 0.913. The summed E-state index contributed by atoms with van der Waals surface area (Å²) in [4.78, 5) is 0. The Morgan fingerprint density at radius 1 is 1.11 bits per heavy atom. The Hall–Kier alpha value is -1.19. The maximum atomic E-state index is 13.0. The van der Waals surface area contributed by atoms with Crippen molar-refractivity contribution in [2.45, 2.75) is 19.9 Å². The second kappa shape index (κ2) is 6.83. The molecular formula is C16H17BrFN. The van der Waals surface area contributed by atoms with Crippen molar-refractivity contribution >= 4 is 15.9 Å². The maximum Gasteiger partial charge on any atom is 0.123 e. The molecule has 100 valence electrons. The predicted octanol–water partition coefficient (Wildman–Crippen LogP) is 4.23. The molecular weight excluding hydrogens is 305 g/mol. The molecule has 0 saturated carbocycles. The van der Waals surface area contributed by atoms with E-state index < -0.39 is 0 Å². The molecule has 0 heterocycles. The Balaban J connectivity index is 1.83. The fraction of sp³-hybridized carbons (Fsp3) is 0.250. The molecule has 0 aliphatic carbocycles. The van der Waals surface area contributed by atoms with Gasteiger partial charge in [0.15, 0.2) is 0 Å². The van der Waals surface area contributed by atoms with Crippen LogP contribution in [-0.4, -0.2) is 6.54 Å². The number of halogens is 2. The minimum Gasteiger partial charge on any atom is -0.312 e. The average Bonchev–Trinajstić information content (AvgIpc) is 2.38. The van der Waals surface area contributed by atoms with E-state index in [1.807, 2.05) is 31.2 Å². The van der Waals surface area contributed by atoms with Crippen LogP contribution in [-0.2, 0) is 13.0 Å². The van der Waals surface area contributed by atoms with Crippen LogP contribution in [0.3, 0.4) is 0 Å². The van der Waals surface area contributed by atoms with E-state index in [-0.39, 0.29) is 5.82 Å². The van der Waals surface area contributed by atoms with Gasteiger partial charge < -0.3 is 5.32 Å². The molecule has 0 aliphatic rings. The van der Waals surface area contributed by atoms with Crippen LogP contribution in [0, 0.1) is 12.7 Å². The molecule has 0 unspecified atom stereocenters. The van der Waals surface area contributed by atoms with E-state index in [0.29, 0.717) is 0 Å². The quantitative estimate of drug-likeness (QED) is 0.813. The van der Waals surface area contributed by atoms with Crippen molar-refractivity contribution in [1.82, 2.24) is 5.32 Å². The molecule has 0 amide bonds. The third-order valence-corrected chi connectivity index (χ3v) is 3.92. The lowest BCUT2D eigenvalue weighted by Gasteiger charge is -2.08. The highest BCUT2D eigenvalue weighted by atomic mass is 79.9. The predicted molar refractivity (Wildman–Crippen MR) is 80.7 cm³/mol. The minimum absolute atomic E-state index is 0.164. The highest BCUT2D eigenvalue weighted by Crippen LogP contribution is 2.15. The molecule has 0 spiro atoms. The van der Waals surface area contributed by atoms with E-state index in [4.69, 9.17) is 0 Å². The normalized spacial score (nSPS) is 10.7. The molecule has 0 radical (unpaired) electrons. The zero-order valence-electron chi connectivity index (χ0n) is 10.9. The van der Waals surface area contributed by atoms with Gasteiger partial charge in [0, 0.05) is 11.0 Å². The van der Waals surface area contributed by atoms with Gasteiger partial charge in [-0.25, -0.2) is 4.39 Å². The summed E-state index contributed by atoms with van der Waals surface area (Å²) in [5.41, 5.74) is 3.46. The zero-order valence-corrected chi connectivity index (χ0v) is 12.5. The molecule has 0 atom stereocenters. The van der Waals surface area contributed by atoms with E-state index in [1.54, 1.807) is 6.07 Å². The van der Waals surface area contributed by atoms with Crippen molar-refractivity contribution in [1.29, 1.82) is 0 Å². The van der Waals surface area contributed by atoms with Crippen LogP contribution in [0.25, 0.3) is 0 Å². The molecule has 0 aromatic heterocycles. The Labute approximate surface area is 122 Å². The number of hydrogen-bond acceptors (Lipinski definition) is 1. The van der Waals surface area contributed by atoms with Gasteiger partial charge in [-0.3, -0.25) is 0 Å². The van der Waals surface area contributed by atoms with Crippen LogP contribution >= 0.6 is 15.9 Å². The van der Waals surface area contributed by atoms with Crippen molar-refractivity contribution in [2.75, 3.05) is 6.54 Å². The van der Waals surface area contributed by atoms with Gasteiger partial charge in [0.1, 0.15) is 5.82 Å². The second-order valence-electron chi connectivity index (χ2n) is 4.59. The van der Waals surface area contributed by atoms with E-state index in [9.17, 15) is 4.39 Å². The van der Waals surface area contributed by atoms with Crippen LogP contribution in [0.5, 0.6) is 0 Å². The highest BCUT2D eigenvalue weighted by molar-refractivity contribution is 9.10. The molecule has 0 aliphatic heterocycles. The third kappa shape index (κ3) is 4.15. The van der Waals surface area contributed by atoms with Crippen molar-refractivity contribution in [2.24, 2.45) is 0 Å². The van der Waals surface area contributed by atoms with Crippen LogP contribution in [0.4, 0.5) is 4.39 Å². The van der Waals surface area contributed by atoms with Crippen LogP contribution < -0.4 is 5.32 Å². The first kappa shape index (κ1) is 14.2. The smallest absolute Gasteiger partial charge is 0.123 e. The lowest BCUT2D eigenvalue weighted by Crippen LogP contribution is -2.17. The Kier molecular flexibility index (Phi) is 5.11. The number of benzene rings is 2. The lowest BCUT2D eigenvalue weighted by molar-refractivity contribution is 0.624.